The molecule has 0 amide bonds. The number of hydrogen-bond donors (Lipinski definition) is 2. The molecular weight excluding hydrogens is 296 g/mol. The van der Waals surface area contributed by atoms with E-state index in [9.17, 15) is 4.79 Å². The van der Waals surface area contributed by atoms with Gasteiger partial charge in [-0.05, 0) is 28.4 Å². The van der Waals surface area contributed by atoms with Crippen molar-refractivity contribution in [1.29, 1.82) is 0 Å². The van der Waals surface area contributed by atoms with Crippen molar-refractivity contribution in [3.8, 4) is 11.3 Å². The fourth-order valence-corrected chi connectivity index (χ4v) is 2.37. The second-order valence-electron chi connectivity index (χ2n) is 4.07. The molecule has 0 fully saturated rings. The van der Waals surface area contributed by atoms with Gasteiger partial charge in [0.25, 0.3) is 0 Å². The number of nitrogens with zero attached hydrogens (tertiary/aromatic N) is 1. The lowest BCUT2D eigenvalue weighted by atomic mass is 10.1. The van der Waals surface area contributed by atoms with Gasteiger partial charge in [-0.3, -0.25) is 9.89 Å². The van der Waals surface area contributed by atoms with E-state index in [2.05, 4.69) is 26.1 Å². The van der Waals surface area contributed by atoms with Crippen molar-refractivity contribution in [2.75, 3.05) is 0 Å². The normalized spacial score (nSPS) is 10.6. The topological polar surface area (TPSA) is 66.0 Å². The molecule has 1 heterocycles. The average Bonchev–Trinajstić information content (AvgIpc) is 2.69. The Hall–Kier alpha value is -1.62. The number of aromatic amines is 1. The van der Waals surface area contributed by atoms with E-state index in [1.54, 1.807) is 0 Å². The largest absolute Gasteiger partial charge is 0.481 e. The van der Waals surface area contributed by atoms with Crippen molar-refractivity contribution in [2.24, 2.45) is 0 Å². The first-order chi connectivity index (χ1) is 8.59. The zero-order chi connectivity index (χ0) is 13.1. The average molecular weight is 309 g/mol. The van der Waals surface area contributed by atoms with Crippen LogP contribution in [-0.2, 0) is 11.2 Å². The first kappa shape index (κ1) is 12.8. The Bertz CT molecular complexity index is 578. The highest BCUT2D eigenvalue weighted by molar-refractivity contribution is 9.10. The Morgan fingerprint density at radius 3 is 2.83 bits per heavy atom. The molecule has 1 aromatic carbocycles. The van der Waals surface area contributed by atoms with Gasteiger partial charge in [-0.25, -0.2) is 0 Å². The highest BCUT2D eigenvalue weighted by Gasteiger charge is 2.14. The van der Waals surface area contributed by atoms with Crippen LogP contribution in [0.4, 0.5) is 0 Å². The van der Waals surface area contributed by atoms with Gasteiger partial charge in [0, 0.05) is 12.0 Å². The van der Waals surface area contributed by atoms with E-state index in [-0.39, 0.29) is 6.42 Å². The molecule has 4 nitrogen and oxygen atoms in total. The number of aryl methyl sites for hydroxylation is 2. The second-order valence-corrected chi connectivity index (χ2v) is 4.87. The van der Waals surface area contributed by atoms with Crippen LogP contribution in [0.25, 0.3) is 11.3 Å². The summed E-state index contributed by atoms with van der Waals surface area (Å²) in [6, 6.07) is 7.95. The third kappa shape index (κ3) is 2.61. The summed E-state index contributed by atoms with van der Waals surface area (Å²) in [5, 5.41) is 15.8. The van der Waals surface area contributed by atoms with Crippen molar-refractivity contribution < 1.29 is 9.90 Å². The predicted octanol–water partition coefficient (Wildman–Crippen LogP) is 3.16. The summed E-state index contributed by atoms with van der Waals surface area (Å²) in [4.78, 5) is 10.6. The zero-order valence-corrected chi connectivity index (χ0v) is 11.5. The first-order valence-corrected chi connectivity index (χ1v) is 6.39. The number of hydrogen-bond acceptors (Lipinski definition) is 2. The van der Waals surface area contributed by atoms with E-state index >= 15 is 0 Å². The van der Waals surface area contributed by atoms with Gasteiger partial charge in [-0.15, -0.1) is 0 Å². The Balaban J connectivity index is 2.31. The third-order valence-electron chi connectivity index (χ3n) is 2.76. The smallest absolute Gasteiger partial charge is 0.303 e. The molecule has 2 rings (SSSR count). The summed E-state index contributed by atoms with van der Waals surface area (Å²) < 4.78 is 0.845. The number of halogens is 1. The number of carboxylic acids is 1. The quantitative estimate of drug-likeness (QED) is 0.911. The number of benzene rings is 1. The Morgan fingerprint density at radius 1 is 1.44 bits per heavy atom. The molecule has 0 aliphatic heterocycles. The van der Waals surface area contributed by atoms with Crippen molar-refractivity contribution in [2.45, 2.75) is 19.8 Å². The number of aliphatic carboxylic acids is 1. The fraction of sp³-hybridized carbons (Fsp3) is 0.231. The maximum atomic E-state index is 10.6. The molecule has 2 N–H and O–H groups in total. The fourth-order valence-electron chi connectivity index (χ4n) is 1.78. The lowest BCUT2D eigenvalue weighted by Gasteiger charge is -2.02. The maximum absolute atomic E-state index is 10.6. The molecule has 0 radical (unpaired) electrons. The number of aromatic nitrogens is 2. The molecule has 18 heavy (non-hydrogen) atoms. The zero-order valence-electron chi connectivity index (χ0n) is 9.90. The SMILES string of the molecule is Cc1ccccc1-c1n[nH]c(CCC(=O)O)c1Br. The predicted molar refractivity (Wildman–Crippen MR) is 72.4 cm³/mol. The Kier molecular flexibility index (Phi) is 3.81. The highest BCUT2D eigenvalue weighted by atomic mass is 79.9. The molecule has 0 aliphatic carbocycles. The van der Waals surface area contributed by atoms with Crippen molar-refractivity contribution in [1.82, 2.24) is 10.2 Å². The van der Waals surface area contributed by atoms with Gasteiger partial charge in [-0.1, -0.05) is 24.3 Å². The molecule has 0 bridgehead atoms. The summed E-state index contributed by atoms with van der Waals surface area (Å²) in [6.45, 7) is 2.02. The molecule has 0 unspecified atom stereocenters. The van der Waals surface area contributed by atoms with Gasteiger partial charge in [0.2, 0.25) is 0 Å². The minimum absolute atomic E-state index is 0.0913. The molecule has 2 aromatic rings. The molecule has 0 saturated carbocycles. The minimum Gasteiger partial charge on any atom is -0.481 e. The van der Waals surface area contributed by atoms with E-state index in [0.29, 0.717) is 6.42 Å². The van der Waals surface area contributed by atoms with Crippen LogP contribution >= 0.6 is 15.9 Å². The lowest BCUT2D eigenvalue weighted by Crippen LogP contribution is -1.98. The van der Waals surface area contributed by atoms with Gasteiger partial charge in [-0.2, -0.15) is 5.10 Å². The number of carboxylic acid groups (broad SMARTS) is 1. The third-order valence-corrected chi connectivity index (χ3v) is 3.62. The van der Waals surface area contributed by atoms with Crippen LogP contribution in [-0.4, -0.2) is 21.3 Å². The summed E-state index contributed by atoms with van der Waals surface area (Å²) in [6.07, 6.45) is 0.531. The van der Waals surface area contributed by atoms with E-state index in [1.165, 1.54) is 0 Å². The van der Waals surface area contributed by atoms with E-state index < -0.39 is 5.97 Å². The molecule has 5 heteroatoms. The molecule has 0 aliphatic rings. The van der Waals surface area contributed by atoms with Gasteiger partial charge in [0.1, 0.15) is 5.69 Å². The van der Waals surface area contributed by atoms with E-state index in [1.807, 2.05) is 31.2 Å². The molecular formula is C13H13BrN2O2. The lowest BCUT2D eigenvalue weighted by molar-refractivity contribution is -0.136. The Morgan fingerprint density at radius 2 is 2.17 bits per heavy atom. The molecule has 0 spiro atoms. The van der Waals surface area contributed by atoms with E-state index in [0.717, 1.165) is 27.0 Å². The number of nitrogens with one attached hydrogen (secondary N) is 1. The number of rotatable bonds is 4. The van der Waals surface area contributed by atoms with Crippen LogP contribution in [0.5, 0.6) is 0 Å². The van der Waals surface area contributed by atoms with Crippen LogP contribution in [0.2, 0.25) is 0 Å². The van der Waals surface area contributed by atoms with Crippen LogP contribution < -0.4 is 0 Å². The van der Waals surface area contributed by atoms with Crippen LogP contribution in [0.15, 0.2) is 28.7 Å². The van der Waals surface area contributed by atoms with Crippen molar-refractivity contribution >= 4 is 21.9 Å². The Labute approximate surface area is 113 Å². The van der Waals surface area contributed by atoms with Gasteiger partial charge in [0.15, 0.2) is 0 Å². The molecule has 0 saturated heterocycles. The number of H-pyrrole nitrogens is 1. The van der Waals surface area contributed by atoms with E-state index in [4.69, 9.17) is 5.11 Å². The second kappa shape index (κ2) is 5.35. The number of carbonyl (C=O) groups is 1. The van der Waals surface area contributed by atoms with Gasteiger partial charge < -0.3 is 5.11 Å². The summed E-state index contributed by atoms with van der Waals surface area (Å²) in [7, 11) is 0. The minimum atomic E-state index is -0.811. The standard InChI is InChI=1S/C13H13BrN2O2/c1-8-4-2-3-5-9(8)13-12(14)10(15-16-13)6-7-11(17)18/h2-5H,6-7H2,1H3,(H,15,16)(H,17,18). The van der Waals surface area contributed by atoms with Crippen molar-refractivity contribution in [3.05, 3.63) is 40.0 Å². The monoisotopic (exact) mass is 308 g/mol. The van der Waals surface area contributed by atoms with Crippen LogP contribution in [0, 0.1) is 6.92 Å². The van der Waals surface area contributed by atoms with Gasteiger partial charge in [0.05, 0.1) is 16.6 Å². The first-order valence-electron chi connectivity index (χ1n) is 5.60. The van der Waals surface area contributed by atoms with Crippen LogP contribution in [0.1, 0.15) is 17.7 Å². The molecule has 94 valence electrons. The highest BCUT2D eigenvalue weighted by Crippen LogP contribution is 2.31. The van der Waals surface area contributed by atoms with Crippen LogP contribution in [0.3, 0.4) is 0 Å². The van der Waals surface area contributed by atoms with Gasteiger partial charge >= 0.3 is 5.97 Å². The summed E-state index contributed by atoms with van der Waals surface area (Å²) >= 11 is 3.49. The van der Waals surface area contributed by atoms with Crippen molar-refractivity contribution in [3.63, 3.8) is 0 Å². The molecule has 1 aromatic heterocycles. The summed E-state index contributed by atoms with van der Waals surface area (Å²) in [5.41, 5.74) is 3.82. The summed E-state index contributed by atoms with van der Waals surface area (Å²) in [5.74, 6) is -0.811. The molecule has 0 atom stereocenters. The maximum Gasteiger partial charge on any atom is 0.303 e.